The molecule has 0 saturated carbocycles. The molecule has 1 spiro atoms. The van der Waals surface area contributed by atoms with Crippen LogP contribution in [0, 0.1) is 5.41 Å². The minimum absolute atomic E-state index is 0.0170. The van der Waals surface area contributed by atoms with E-state index in [2.05, 4.69) is 19.3 Å². The number of Topliss-reactive ketones (excluding diaryl/α,β-unsaturated/α-hetero) is 1. The predicted octanol–water partition coefficient (Wildman–Crippen LogP) is 2.85. The number of nitrogens with one attached hydrogen (secondary N) is 1. The van der Waals surface area contributed by atoms with Crippen LogP contribution in [-0.2, 0) is 9.53 Å². The summed E-state index contributed by atoms with van der Waals surface area (Å²) in [6.07, 6.45) is 3.07. The lowest BCUT2D eigenvalue weighted by atomic mass is 9.67. The molecule has 140 valence electrons. The van der Waals surface area contributed by atoms with Crippen LogP contribution < -0.4 is 5.43 Å². The number of hydrogen-bond donors (Lipinski definition) is 1. The first-order valence-electron chi connectivity index (χ1n) is 9.36. The first kappa shape index (κ1) is 18.2. The lowest BCUT2D eigenvalue weighted by Gasteiger charge is -2.44. The number of carbonyl (C=O) groups is 2. The van der Waals surface area contributed by atoms with Gasteiger partial charge in [0, 0.05) is 32.1 Å². The fourth-order valence-corrected chi connectivity index (χ4v) is 4.22. The van der Waals surface area contributed by atoms with Crippen LogP contribution in [0.2, 0.25) is 0 Å². The maximum Gasteiger partial charge on any atom is 0.410 e. The third-order valence-electron chi connectivity index (χ3n) is 5.42. The van der Waals surface area contributed by atoms with Crippen LogP contribution in [0.1, 0.15) is 60.3 Å². The molecule has 1 N–H and O–H groups in total. The molecule has 0 radical (unpaired) electrons. The summed E-state index contributed by atoms with van der Waals surface area (Å²) in [5.74, 6) is 0.255. The van der Waals surface area contributed by atoms with Gasteiger partial charge in [-0.05, 0) is 64.9 Å². The summed E-state index contributed by atoms with van der Waals surface area (Å²) in [6.45, 7) is 12.0. The van der Waals surface area contributed by atoms with Crippen LogP contribution >= 0.6 is 0 Å². The van der Waals surface area contributed by atoms with Gasteiger partial charge in [-0.1, -0.05) is 0 Å². The van der Waals surface area contributed by atoms with Gasteiger partial charge in [0.2, 0.25) is 0 Å². The average molecular weight is 349 g/mol. The van der Waals surface area contributed by atoms with E-state index >= 15 is 0 Å². The first-order chi connectivity index (χ1) is 11.6. The fourth-order valence-electron chi connectivity index (χ4n) is 4.22. The number of ketones is 1. The SMILES string of the molecule is CC(C)N1NCC2=C1C(=O)CC1(CCN(C(=O)OC(C)(C)C)CC1)C2. The maximum absolute atomic E-state index is 12.8. The van der Waals surface area contributed by atoms with E-state index in [9.17, 15) is 9.59 Å². The second-order valence-electron chi connectivity index (χ2n) is 8.99. The van der Waals surface area contributed by atoms with Crippen molar-refractivity contribution in [2.24, 2.45) is 5.41 Å². The third kappa shape index (κ3) is 3.68. The molecule has 0 aromatic heterocycles. The van der Waals surface area contributed by atoms with Gasteiger partial charge in [0.1, 0.15) is 5.60 Å². The van der Waals surface area contributed by atoms with Crippen molar-refractivity contribution in [1.82, 2.24) is 15.3 Å². The first-order valence-corrected chi connectivity index (χ1v) is 9.36. The predicted molar refractivity (Wildman–Crippen MR) is 95.7 cm³/mol. The van der Waals surface area contributed by atoms with E-state index < -0.39 is 5.60 Å². The van der Waals surface area contributed by atoms with Gasteiger partial charge in [0.25, 0.3) is 0 Å². The quantitative estimate of drug-likeness (QED) is 0.789. The largest absolute Gasteiger partial charge is 0.444 e. The Morgan fingerprint density at radius 2 is 1.84 bits per heavy atom. The van der Waals surface area contributed by atoms with E-state index in [0.29, 0.717) is 19.5 Å². The molecule has 0 bridgehead atoms. The molecule has 3 aliphatic rings. The number of hydrazine groups is 1. The monoisotopic (exact) mass is 349 g/mol. The van der Waals surface area contributed by atoms with E-state index in [1.165, 1.54) is 5.57 Å². The van der Waals surface area contributed by atoms with Crippen molar-refractivity contribution >= 4 is 11.9 Å². The molecular weight excluding hydrogens is 318 g/mol. The minimum Gasteiger partial charge on any atom is -0.444 e. The summed E-state index contributed by atoms with van der Waals surface area (Å²) in [6, 6.07) is 0.277. The molecule has 25 heavy (non-hydrogen) atoms. The van der Waals surface area contributed by atoms with Gasteiger partial charge < -0.3 is 14.6 Å². The zero-order valence-corrected chi connectivity index (χ0v) is 16.1. The molecule has 0 unspecified atom stereocenters. The summed E-state index contributed by atoms with van der Waals surface area (Å²) in [4.78, 5) is 26.9. The van der Waals surface area contributed by atoms with Crippen molar-refractivity contribution < 1.29 is 14.3 Å². The van der Waals surface area contributed by atoms with Crippen LogP contribution in [0.15, 0.2) is 11.3 Å². The van der Waals surface area contributed by atoms with Gasteiger partial charge in [-0.3, -0.25) is 4.79 Å². The van der Waals surface area contributed by atoms with Gasteiger partial charge in [-0.15, -0.1) is 0 Å². The van der Waals surface area contributed by atoms with E-state index in [-0.39, 0.29) is 23.3 Å². The highest BCUT2D eigenvalue weighted by atomic mass is 16.6. The van der Waals surface area contributed by atoms with Gasteiger partial charge in [-0.25, -0.2) is 10.2 Å². The van der Waals surface area contributed by atoms with Crippen molar-refractivity contribution in [3.8, 4) is 0 Å². The Labute approximate surface area is 150 Å². The second-order valence-corrected chi connectivity index (χ2v) is 8.99. The molecule has 3 rings (SSSR count). The molecule has 1 saturated heterocycles. The smallest absolute Gasteiger partial charge is 0.410 e. The zero-order valence-electron chi connectivity index (χ0n) is 16.1. The van der Waals surface area contributed by atoms with Crippen molar-refractivity contribution in [2.75, 3.05) is 19.6 Å². The number of nitrogens with zero attached hydrogens (tertiary/aromatic N) is 2. The lowest BCUT2D eigenvalue weighted by molar-refractivity contribution is -0.121. The van der Waals surface area contributed by atoms with Crippen LogP contribution in [0.3, 0.4) is 0 Å². The van der Waals surface area contributed by atoms with Crippen molar-refractivity contribution in [3.63, 3.8) is 0 Å². The minimum atomic E-state index is -0.470. The fraction of sp³-hybridized carbons (Fsp3) is 0.789. The molecule has 1 amide bonds. The number of piperidine rings is 1. The van der Waals surface area contributed by atoms with Crippen LogP contribution in [0.5, 0.6) is 0 Å². The van der Waals surface area contributed by atoms with Gasteiger partial charge in [0.05, 0.1) is 5.70 Å². The summed E-state index contributed by atoms with van der Waals surface area (Å²) in [5.41, 5.74) is 5.05. The van der Waals surface area contributed by atoms with Gasteiger partial charge in [-0.2, -0.15) is 0 Å². The summed E-state index contributed by atoms with van der Waals surface area (Å²) in [5, 5.41) is 2.03. The average Bonchev–Trinajstić information content (AvgIpc) is 2.90. The van der Waals surface area contributed by atoms with Gasteiger partial charge >= 0.3 is 6.09 Å². The molecule has 0 atom stereocenters. The number of hydrogen-bond acceptors (Lipinski definition) is 5. The molecule has 2 aliphatic heterocycles. The molecule has 2 heterocycles. The molecule has 0 aromatic rings. The lowest BCUT2D eigenvalue weighted by Crippen LogP contribution is -2.47. The van der Waals surface area contributed by atoms with Crippen molar-refractivity contribution in [3.05, 3.63) is 11.3 Å². The highest BCUT2D eigenvalue weighted by Crippen LogP contribution is 2.47. The van der Waals surface area contributed by atoms with Crippen LogP contribution in [-0.4, -0.2) is 53.1 Å². The highest BCUT2D eigenvalue weighted by Gasteiger charge is 2.46. The summed E-state index contributed by atoms with van der Waals surface area (Å²) in [7, 11) is 0. The number of amides is 1. The maximum atomic E-state index is 12.8. The number of rotatable bonds is 1. The summed E-state index contributed by atoms with van der Waals surface area (Å²) < 4.78 is 5.48. The van der Waals surface area contributed by atoms with Gasteiger partial charge in [0.15, 0.2) is 5.78 Å². The standard InChI is InChI=1S/C19H31N3O3/c1-13(2)22-16-14(12-20-22)10-19(11-15(16)23)6-8-21(9-7-19)17(24)25-18(3,4)5/h13,20H,6-12H2,1-5H3. The third-order valence-corrected chi connectivity index (χ3v) is 5.42. The Morgan fingerprint density at radius 3 is 2.40 bits per heavy atom. The highest BCUT2D eigenvalue weighted by molar-refractivity contribution is 5.97. The number of likely N-dealkylation sites (tertiary alicyclic amines) is 1. The molecular formula is C19H31N3O3. The topological polar surface area (TPSA) is 61.9 Å². The van der Waals surface area contributed by atoms with Crippen molar-refractivity contribution in [1.29, 1.82) is 0 Å². The number of allylic oxidation sites excluding steroid dienone is 1. The van der Waals surface area contributed by atoms with Crippen LogP contribution in [0.4, 0.5) is 4.79 Å². The number of ether oxygens (including phenoxy) is 1. The van der Waals surface area contributed by atoms with Crippen LogP contribution in [0.25, 0.3) is 0 Å². The zero-order chi connectivity index (χ0) is 18.4. The molecule has 0 aromatic carbocycles. The normalized spacial score (nSPS) is 23.5. The molecule has 6 heteroatoms. The van der Waals surface area contributed by atoms with E-state index in [4.69, 9.17) is 4.74 Å². The Kier molecular flexibility index (Phi) is 4.60. The Morgan fingerprint density at radius 1 is 1.20 bits per heavy atom. The van der Waals surface area contributed by atoms with E-state index in [0.717, 1.165) is 31.5 Å². The number of carbonyl (C=O) groups excluding carboxylic acids is 2. The van der Waals surface area contributed by atoms with Crippen molar-refractivity contribution in [2.45, 2.75) is 71.9 Å². The Balaban J connectivity index is 1.66. The molecule has 6 nitrogen and oxygen atoms in total. The summed E-state index contributed by atoms with van der Waals surface area (Å²) >= 11 is 0. The Hall–Kier alpha value is -1.56. The second kappa shape index (κ2) is 6.31. The molecule has 1 aliphatic carbocycles. The van der Waals surface area contributed by atoms with E-state index in [1.54, 1.807) is 4.90 Å². The molecule has 1 fully saturated rings. The Bertz CT molecular complexity index is 596. The van der Waals surface area contributed by atoms with E-state index in [1.807, 2.05) is 25.8 Å².